The summed E-state index contributed by atoms with van der Waals surface area (Å²) in [7, 11) is 0. The molecule has 7 heteroatoms. The second kappa shape index (κ2) is 9.68. The van der Waals surface area contributed by atoms with Gasteiger partial charge < -0.3 is 10.4 Å². The molecule has 0 aliphatic carbocycles. The molecule has 0 fully saturated rings. The molecule has 0 radical (unpaired) electrons. The Morgan fingerprint density at radius 2 is 2.00 bits per heavy atom. The number of carboxylic acids is 1. The summed E-state index contributed by atoms with van der Waals surface area (Å²) in [4.78, 5) is 22.4. The first-order valence-electron chi connectivity index (χ1n) is 6.45. The largest absolute Gasteiger partial charge is 0.480 e. The third-order valence-electron chi connectivity index (χ3n) is 2.55. The molecule has 1 amide bonds. The molecule has 0 saturated heterocycles. The van der Waals surface area contributed by atoms with Crippen LogP contribution in [0, 0.1) is 5.82 Å². The molecule has 4 nitrogen and oxygen atoms in total. The van der Waals surface area contributed by atoms with Crippen molar-refractivity contribution in [1.29, 1.82) is 0 Å². The van der Waals surface area contributed by atoms with Gasteiger partial charge in [0, 0.05) is 23.3 Å². The molecular formula is C14H18FNO3S2. The molecule has 0 bridgehead atoms. The summed E-state index contributed by atoms with van der Waals surface area (Å²) in [5.41, 5.74) is 0. The minimum absolute atomic E-state index is 0.218. The quantitative estimate of drug-likeness (QED) is 0.538. The number of amides is 1. The number of hydrogen-bond donors (Lipinski definition) is 2. The Bertz CT molecular complexity index is 485. The van der Waals surface area contributed by atoms with Crippen molar-refractivity contribution in [2.45, 2.75) is 24.3 Å². The van der Waals surface area contributed by atoms with Crippen LogP contribution < -0.4 is 5.32 Å². The molecule has 1 rings (SSSR count). The topological polar surface area (TPSA) is 66.4 Å². The summed E-state index contributed by atoms with van der Waals surface area (Å²) in [5.74, 6) is 0.599. The van der Waals surface area contributed by atoms with E-state index < -0.39 is 12.0 Å². The highest BCUT2D eigenvalue weighted by Gasteiger charge is 2.17. The number of carboxylic acid groups (broad SMARTS) is 1. The fraction of sp³-hybridized carbons (Fsp3) is 0.429. The third-order valence-corrected chi connectivity index (χ3v) is 4.87. The van der Waals surface area contributed by atoms with Gasteiger partial charge in [0.2, 0.25) is 5.91 Å². The van der Waals surface area contributed by atoms with E-state index in [0.29, 0.717) is 17.1 Å². The number of carbonyl (C=O) groups is 2. The molecule has 21 heavy (non-hydrogen) atoms. The van der Waals surface area contributed by atoms with Crippen LogP contribution in [0.4, 0.5) is 4.39 Å². The second-order valence-electron chi connectivity index (χ2n) is 4.27. The Hall–Kier alpha value is -1.21. The van der Waals surface area contributed by atoms with Crippen molar-refractivity contribution in [3.05, 3.63) is 30.1 Å². The Labute approximate surface area is 131 Å². The SMILES string of the molecule is CC(=O)NC(CCSCCSc1ccccc1F)C(=O)O. The van der Waals surface area contributed by atoms with Gasteiger partial charge in [-0.25, -0.2) is 9.18 Å². The third kappa shape index (κ3) is 7.38. The van der Waals surface area contributed by atoms with Gasteiger partial charge in [-0.3, -0.25) is 4.79 Å². The van der Waals surface area contributed by atoms with Crippen LogP contribution >= 0.6 is 23.5 Å². The molecule has 1 aromatic rings. The maximum absolute atomic E-state index is 13.3. The second-order valence-corrected chi connectivity index (χ2v) is 6.63. The Kier molecular flexibility index (Phi) is 8.22. The summed E-state index contributed by atoms with van der Waals surface area (Å²) in [6, 6.07) is 5.78. The highest BCUT2D eigenvalue weighted by molar-refractivity contribution is 8.02. The zero-order valence-electron chi connectivity index (χ0n) is 11.7. The van der Waals surface area contributed by atoms with Crippen LogP contribution in [0.2, 0.25) is 0 Å². The summed E-state index contributed by atoms with van der Waals surface area (Å²) in [6.45, 7) is 1.30. The molecule has 1 unspecified atom stereocenters. The zero-order chi connectivity index (χ0) is 15.7. The maximum Gasteiger partial charge on any atom is 0.326 e. The van der Waals surface area contributed by atoms with Gasteiger partial charge in [-0.2, -0.15) is 11.8 Å². The van der Waals surface area contributed by atoms with E-state index in [1.165, 1.54) is 24.8 Å². The lowest BCUT2D eigenvalue weighted by molar-refractivity contribution is -0.141. The van der Waals surface area contributed by atoms with Crippen LogP contribution in [0.15, 0.2) is 29.2 Å². The molecule has 1 aromatic carbocycles. The van der Waals surface area contributed by atoms with Crippen molar-refractivity contribution < 1.29 is 19.1 Å². The number of halogens is 1. The van der Waals surface area contributed by atoms with Gasteiger partial charge in [-0.15, -0.1) is 11.8 Å². The summed E-state index contributed by atoms with van der Waals surface area (Å²) in [6.07, 6.45) is 0.379. The molecule has 0 aliphatic rings. The van der Waals surface area contributed by atoms with Crippen LogP contribution in [0.5, 0.6) is 0 Å². The lowest BCUT2D eigenvalue weighted by Crippen LogP contribution is -2.39. The van der Waals surface area contributed by atoms with Crippen molar-refractivity contribution in [2.75, 3.05) is 17.3 Å². The minimum Gasteiger partial charge on any atom is -0.480 e. The molecule has 0 heterocycles. The Morgan fingerprint density at radius 1 is 1.29 bits per heavy atom. The van der Waals surface area contributed by atoms with Crippen LogP contribution in [0.1, 0.15) is 13.3 Å². The van der Waals surface area contributed by atoms with E-state index in [0.717, 1.165) is 11.5 Å². The van der Waals surface area contributed by atoms with Crippen molar-refractivity contribution in [1.82, 2.24) is 5.32 Å². The van der Waals surface area contributed by atoms with E-state index in [1.807, 2.05) is 0 Å². The molecule has 0 saturated carbocycles. The summed E-state index contributed by atoms with van der Waals surface area (Å²) in [5, 5.41) is 11.3. The lowest BCUT2D eigenvalue weighted by atomic mass is 10.2. The minimum atomic E-state index is -1.02. The predicted octanol–water partition coefficient (Wildman–Crippen LogP) is 2.63. The lowest BCUT2D eigenvalue weighted by Gasteiger charge is -2.12. The number of rotatable bonds is 9. The molecule has 0 aliphatic heterocycles. The first-order valence-corrected chi connectivity index (χ1v) is 8.59. The van der Waals surface area contributed by atoms with Crippen LogP contribution in [0.3, 0.4) is 0 Å². The number of benzene rings is 1. The van der Waals surface area contributed by atoms with Gasteiger partial charge in [0.05, 0.1) is 0 Å². The monoisotopic (exact) mass is 331 g/mol. The van der Waals surface area contributed by atoms with Gasteiger partial charge in [0.25, 0.3) is 0 Å². The molecule has 0 spiro atoms. The first-order chi connectivity index (χ1) is 10.0. The van der Waals surface area contributed by atoms with Crippen molar-refractivity contribution in [3.63, 3.8) is 0 Å². The van der Waals surface area contributed by atoms with Gasteiger partial charge in [0.1, 0.15) is 11.9 Å². The van der Waals surface area contributed by atoms with Crippen molar-refractivity contribution >= 4 is 35.4 Å². The maximum atomic E-state index is 13.3. The fourth-order valence-corrected chi connectivity index (χ4v) is 3.59. The fourth-order valence-electron chi connectivity index (χ4n) is 1.58. The average molecular weight is 331 g/mol. The highest BCUT2D eigenvalue weighted by Crippen LogP contribution is 2.22. The van der Waals surface area contributed by atoms with E-state index in [2.05, 4.69) is 5.32 Å². The van der Waals surface area contributed by atoms with Crippen LogP contribution in [-0.4, -0.2) is 40.3 Å². The summed E-state index contributed by atoms with van der Waals surface area (Å²) >= 11 is 3.03. The van der Waals surface area contributed by atoms with E-state index in [-0.39, 0.29) is 11.7 Å². The zero-order valence-corrected chi connectivity index (χ0v) is 13.3. The number of hydrogen-bond acceptors (Lipinski definition) is 4. The smallest absolute Gasteiger partial charge is 0.326 e. The first kappa shape index (κ1) is 17.8. The van der Waals surface area contributed by atoms with Crippen molar-refractivity contribution in [2.24, 2.45) is 0 Å². The Morgan fingerprint density at radius 3 is 2.62 bits per heavy atom. The van der Waals surface area contributed by atoms with Gasteiger partial charge in [-0.05, 0) is 24.3 Å². The van der Waals surface area contributed by atoms with Crippen LogP contribution in [-0.2, 0) is 9.59 Å². The average Bonchev–Trinajstić information content (AvgIpc) is 2.42. The van der Waals surface area contributed by atoms with E-state index >= 15 is 0 Å². The van der Waals surface area contributed by atoms with E-state index in [1.54, 1.807) is 30.0 Å². The van der Waals surface area contributed by atoms with Gasteiger partial charge in [0.15, 0.2) is 0 Å². The normalized spacial score (nSPS) is 11.9. The van der Waals surface area contributed by atoms with Gasteiger partial charge >= 0.3 is 5.97 Å². The molecule has 1 atom stereocenters. The molecular weight excluding hydrogens is 313 g/mol. The molecule has 0 aromatic heterocycles. The van der Waals surface area contributed by atoms with Crippen LogP contribution in [0.25, 0.3) is 0 Å². The van der Waals surface area contributed by atoms with Crippen molar-refractivity contribution in [3.8, 4) is 0 Å². The summed E-state index contributed by atoms with van der Waals surface area (Å²) < 4.78 is 13.3. The molecule has 116 valence electrons. The number of aliphatic carboxylic acids is 1. The number of nitrogens with one attached hydrogen (secondary N) is 1. The predicted molar refractivity (Wildman–Crippen MR) is 84.3 cm³/mol. The standard InChI is InChI=1S/C14H18FNO3S2/c1-10(17)16-12(14(18)19)6-7-20-8-9-21-13-5-3-2-4-11(13)15/h2-5,12H,6-9H2,1H3,(H,16,17)(H,18,19). The Balaban J connectivity index is 2.18. The van der Waals surface area contributed by atoms with E-state index in [4.69, 9.17) is 5.11 Å². The molecule has 2 N–H and O–H groups in total. The van der Waals surface area contributed by atoms with E-state index in [9.17, 15) is 14.0 Å². The number of carbonyl (C=O) groups excluding carboxylic acids is 1. The highest BCUT2D eigenvalue weighted by atomic mass is 32.2. The number of thioether (sulfide) groups is 2. The van der Waals surface area contributed by atoms with Gasteiger partial charge in [-0.1, -0.05) is 12.1 Å².